The first-order valence-electron chi connectivity index (χ1n) is 4.15. The summed E-state index contributed by atoms with van der Waals surface area (Å²) in [6.45, 7) is 5.97. The van der Waals surface area contributed by atoms with E-state index in [4.69, 9.17) is 5.41 Å². The summed E-state index contributed by atoms with van der Waals surface area (Å²) in [5, 5.41) is 7.41. The van der Waals surface area contributed by atoms with E-state index >= 15 is 0 Å². The topological polar surface area (TPSA) is 40.8 Å². The van der Waals surface area contributed by atoms with Crippen molar-refractivity contribution in [1.29, 1.82) is 5.41 Å². The molecule has 0 spiro atoms. The average molecular weight is 167 g/mol. The van der Waals surface area contributed by atoms with Gasteiger partial charge < -0.3 is 5.43 Å². The third-order valence-corrected chi connectivity index (χ3v) is 1.35. The third kappa shape index (κ3) is 2.78. The monoisotopic (exact) mass is 167 g/mol. The van der Waals surface area contributed by atoms with Crippen LogP contribution in [0.3, 0.4) is 0 Å². The highest BCUT2D eigenvalue weighted by atomic mass is 15.4. The van der Waals surface area contributed by atoms with Crippen LogP contribution in [-0.4, -0.2) is 11.7 Å². The summed E-state index contributed by atoms with van der Waals surface area (Å²) in [5.41, 5.74) is 4.43. The number of hydrogen-bond donors (Lipinski definition) is 2. The van der Waals surface area contributed by atoms with Crippen molar-refractivity contribution < 1.29 is 0 Å². The van der Waals surface area contributed by atoms with Gasteiger partial charge in [-0.2, -0.15) is 0 Å². The van der Waals surface area contributed by atoms with E-state index in [2.05, 4.69) is 5.43 Å². The number of nitrogens with zero attached hydrogens (tertiary/aromatic N) is 1. The SMILES string of the molecule is CC.CNn1ccc(C)cc1=N. The average Bonchev–Trinajstić information content (AvgIpc) is 2.08. The van der Waals surface area contributed by atoms with Crippen LogP contribution in [-0.2, 0) is 0 Å². The van der Waals surface area contributed by atoms with Crippen LogP contribution in [0.1, 0.15) is 19.4 Å². The molecule has 0 amide bonds. The lowest BCUT2D eigenvalue weighted by Crippen LogP contribution is -2.25. The highest BCUT2D eigenvalue weighted by molar-refractivity contribution is 5.07. The highest BCUT2D eigenvalue weighted by Gasteiger charge is 1.86. The predicted octanol–water partition coefficient (Wildman–Crippen LogP) is 1.48. The van der Waals surface area contributed by atoms with Crippen molar-refractivity contribution in [2.45, 2.75) is 20.8 Å². The first-order chi connectivity index (χ1) is 5.74. The van der Waals surface area contributed by atoms with Gasteiger partial charge in [0.2, 0.25) is 0 Å². The van der Waals surface area contributed by atoms with Gasteiger partial charge in [0.1, 0.15) is 5.49 Å². The molecule has 0 unspecified atom stereocenters. The highest BCUT2D eigenvalue weighted by Crippen LogP contribution is 1.87. The normalized spacial score (nSPS) is 8.33. The van der Waals surface area contributed by atoms with Crippen LogP contribution in [0, 0.1) is 12.3 Å². The minimum Gasteiger partial charge on any atom is -0.328 e. The Bertz CT molecular complexity index is 275. The molecule has 1 aromatic rings. The Morgan fingerprint density at radius 2 is 2.00 bits per heavy atom. The number of hydrogen-bond acceptors (Lipinski definition) is 2. The van der Waals surface area contributed by atoms with Crippen molar-refractivity contribution in [3.8, 4) is 0 Å². The number of rotatable bonds is 1. The molecule has 0 saturated heterocycles. The maximum atomic E-state index is 7.41. The number of pyridine rings is 1. The van der Waals surface area contributed by atoms with Crippen molar-refractivity contribution in [3.63, 3.8) is 0 Å². The van der Waals surface area contributed by atoms with Crippen molar-refractivity contribution in [1.82, 2.24) is 4.68 Å². The van der Waals surface area contributed by atoms with Crippen LogP contribution >= 0.6 is 0 Å². The molecule has 68 valence electrons. The lowest BCUT2D eigenvalue weighted by atomic mass is 10.3. The number of aryl methyl sites for hydroxylation is 1. The van der Waals surface area contributed by atoms with E-state index in [-0.39, 0.29) is 0 Å². The lowest BCUT2D eigenvalue weighted by molar-refractivity contribution is 0.825. The van der Waals surface area contributed by atoms with Gasteiger partial charge in [0.05, 0.1) is 0 Å². The molecule has 0 atom stereocenters. The summed E-state index contributed by atoms with van der Waals surface area (Å²) in [5.74, 6) is 0. The third-order valence-electron chi connectivity index (χ3n) is 1.35. The Morgan fingerprint density at radius 3 is 2.42 bits per heavy atom. The molecule has 0 aliphatic rings. The molecule has 12 heavy (non-hydrogen) atoms. The van der Waals surface area contributed by atoms with E-state index in [1.54, 1.807) is 17.8 Å². The molecule has 1 aromatic heterocycles. The summed E-state index contributed by atoms with van der Waals surface area (Å²) in [7, 11) is 1.79. The standard InChI is InChI=1S/C7H11N3.C2H6/c1-6-3-4-10(9-2)7(8)5-6;1-2/h3-5,8-9H,1-2H3;1-2H3. The van der Waals surface area contributed by atoms with Gasteiger partial charge in [-0.3, -0.25) is 10.1 Å². The van der Waals surface area contributed by atoms with Crippen molar-refractivity contribution in [2.75, 3.05) is 12.5 Å². The Morgan fingerprint density at radius 1 is 1.42 bits per heavy atom. The number of nitrogens with one attached hydrogen (secondary N) is 2. The molecule has 0 saturated carbocycles. The molecule has 0 aliphatic carbocycles. The Balaban J connectivity index is 0.000000561. The van der Waals surface area contributed by atoms with Crippen LogP contribution in [0.25, 0.3) is 0 Å². The van der Waals surface area contributed by atoms with Gasteiger partial charge in [-0.15, -0.1) is 0 Å². The summed E-state index contributed by atoms with van der Waals surface area (Å²) < 4.78 is 1.65. The first-order valence-corrected chi connectivity index (χ1v) is 4.15. The van der Waals surface area contributed by atoms with E-state index in [1.165, 1.54) is 0 Å². The van der Waals surface area contributed by atoms with Gasteiger partial charge in [-0.25, -0.2) is 0 Å². The number of aromatic nitrogens is 1. The van der Waals surface area contributed by atoms with Crippen LogP contribution in [0.2, 0.25) is 0 Å². The van der Waals surface area contributed by atoms with E-state index in [0.29, 0.717) is 5.49 Å². The Hall–Kier alpha value is -1.25. The molecule has 1 heterocycles. The van der Waals surface area contributed by atoms with E-state index < -0.39 is 0 Å². The zero-order valence-corrected chi connectivity index (χ0v) is 8.18. The molecule has 3 nitrogen and oxygen atoms in total. The summed E-state index contributed by atoms with van der Waals surface area (Å²) in [6, 6.07) is 3.76. The molecule has 0 aliphatic heterocycles. The summed E-state index contributed by atoms with van der Waals surface area (Å²) in [6.07, 6.45) is 1.83. The fraction of sp³-hybridized carbons (Fsp3) is 0.444. The van der Waals surface area contributed by atoms with Gasteiger partial charge in [0, 0.05) is 13.2 Å². The maximum absolute atomic E-state index is 7.41. The van der Waals surface area contributed by atoms with Gasteiger partial charge in [-0.1, -0.05) is 13.8 Å². The van der Waals surface area contributed by atoms with Crippen LogP contribution in [0.15, 0.2) is 18.3 Å². The fourth-order valence-electron chi connectivity index (χ4n) is 0.801. The van der Waals surface area contributed by atoms with Crippen molar-refractivity contribution >= 4 is 0 Å². The van der Waals surface area contributed by atoms with Crippen LogP contribution < -0.4 is 10.9 Å². The zero-order chi connectivity index (χ0) is 9.56. The predicted molar refractivity (Wildman–Crippen MR) is 51.7 cm³/mol. The molecule has 0 bridgehead atoms. The van der Waals surface area contributed by atoms with Gasteiger partial charge >= 0.3 is 0 Å². The Kier molecular flexibility index (Phi) is 4.84. The molecule has 0 aromatic carbocycles. The maximum Gasteiger partial charge on any atom is 0.143 e. The van der Waals surface area contributed by atoms with Crippen molar-refractivity contribution in [2.24, 2.45) is 0 Å². The molecular formula is C9H17N3. The van der Waals surface area contributed by atoms with Crippen LogP contribution in [0.5, 0.6) is 0 Å². The quantitative estimate of drug-likeness (QED) is 0.653. The molecule has 0 radical (unpaired) electrons. The molecule has 1 rings (SSSR count). The Labute approximate surface area is 73.5 Å². The van der Waals surface area contributed by atoms with E-state index in [9.17, 15) is 0 Å². The molecule has 3 heteroatoms. The summed E-state index contributed by atoms with van der Waals surface area (Å²) in [4.78, 5) is 0. The second-order valence-electron chi connectivity index (χ2n) is 2.18. The van der Waals surface area contributed by atoms with E-state index in [1.807, 2.05) is 33.0 Å². The second kappa shape index (κ2) is 5.41. The minimum atomic E-state index is 0.475. The van der Waals surface area contributed by atoms with Crippen molar-refractivity contribution in [3.05, 3.63) is 29.4 Å². The van der Waals surface area contributed by atoms with Crippen LogP contribution in [0.4, 0.5) is 0 Å². The summed E-state index contributed by atoms with van der Waals surface area (Å²) >= 11 is 0. The molecule has 2 N–H and O–H groups in total. The van der Waals surface area contributed by atoms with Gasteiger partial charge in [0.25, 0.3) is 0 Å². The van der Waals surface area contributed by atoms with Gasteiger partial charge in [-0.05, 0) is 24.6 Å². The lowest BCUT2D eigenvalue weighted by Gasteiger charge is -2.04. The zero-order valence-electron chi connectivity index (χ0n) is 8.18. The molecular weight excluding hydrogens is 150 g/mol. The molecule has 0 fully saturated rings. The van der Waals surface area contributed by atoms with Gasteiger partial charge in [0.15, 0.2) is 0 Å². The second-order valence-corrected chi connectivity index (χ2v) is 2.18. The smallest absolute Gasteiger partial charge is 0.143 e. The fourth-order valence-corrected chi connectivity index (χ4v) is 0.801. The largest absolute Gasteiger partial charge is 0.328 e. The first kappa shape index (κ1) is 10.8. The van der Waals surface area contributed by atoms with E-state index in [0.717, 1.165) is 5.56 Å². The minimum absolute atomic E-state index is 0.475.